The van der Waals surface area contributed by atoms with Gasteiger partial charge in [0.15, 0.2) is 0 Å². The molecule has 0 unspecified atom stereocenters. The third-order valence-electron chi connectivity index (χ3n) is 4.09. The lowest BCUT2D eigenvalue weighted by Crippen LogP contribution is -2.25. The molecule has 1 aliphatic rings. The smallest absolute Gasteiger partial charge is 0.0798 e. The van der Waals surface area contributed by atoms with E-state index in [0.717, 1.165) is 10.8 Å². The van der Waals surface area contributed by atoms with Crippen molar-refractivity contribution in [1.82, 2.24) is 4.98 Å². The molecule has 1 nitrogen and oxygen atoms in total. The molecule has 1 fully saturated rings. The van der Waals surface area contributed by atoms with Crippen LogP contribution in [0.15, 0.2) is 29.8 Å². The van der Waals surface area contributed by atoms with Gasteiger partial charge in [-0.1, -0.05) is 36.6 Å². The monoisotopic (exact) mass is 309 g/mol. The van der Waals surface area contributed by atoms with E-state index in [1.54, 1.807) is 11.3 Å². The van der Waals surface area contributed by atoms with Crippen LogP contribution in [0.2, 0.25) is 5.02 Å². The molecule has 3 rings (SSSR count). The summed E-state index contributed by atoms with van der Waals surface area (Å²) in [5, 5.41) is 0.796. The van der Waals surface area contributed by atoms with Gasteiger partial charge >= 0.3 is 0 Å². The maximum Gasteiger partial charge on any atom is 0.0798 e. The molecule has 0 radical (unpaired) electrons. The van der Waals surface area contributed by atoms with Crippen LogP contribution < -0.4 is 0 Å². The first-order valence-corrected chi connectivity index (χ1v) is 8.45. The minimum absolute atomic E-state index is 0.0860. The highest BCUT2D eigenvalue weighted by Crippen LogP contribution is 2.47. The Hall–Kier alpha value is -0.510. The van der Waals surface area contributed by atoms with E-state index in [1.807, 2.05) is 17.6 Å². The van der Waals surface area contributed by atoms with Gasteiger partial charge in [-0.15, -0.1) is 11.3 Å². The molecule has 0 atom stereocenters. The van der Waals surface area contributed by atoms with Gasteiger partial charge in [-0.2, -0.15) is 12.6 Å². The van der Waals surface area contributed by atoms with Crippen molar-refractivity contribution in [3.8, 4) is 0 Å². The Kier molecular flexibility index (Phi) is 3.88. The first-order chi connectivity index (χ1) is 9.26. The number of benzene rings is 1. The fraction of sp³-hybridized carbons (Fsp3) is 0.400. The summed E-state index contributed by atoms with van der Waals surface area (Å²) in [4.78, 5) is 5.98. The van der Waals surface area contributed by atoms with Crippen LogP contribution in [-0.2, 0) is 11.2 Å². The topological polar surface area (TPSA) is 12.9 Å². The van der Waals surface area contributed by atoms with Gasteiger partial charge in [-0.25, -0.2) is 4.98 Å². The first-order valence-electron chi connectivity index (χ1n) is 6.56. The molecule has 1 aromatic heterocycles. The summed E-state index contributed by atoms with van der Waals surface area (Å²) in [6.07, 6.45) is 4.90. The van der Waals surface area contributed by atoms with Gasteiger partial charge in [-0.3, -0.25) is 0 Å². The van der Waals surface area contributed by atoms with Crippen LogP contribution in [-0.4, -0.2) is 4.98 Å². The van der Waals surface area contributed by atoms with Gasteiger partial charge in [0, 0.05) is 21.1 Å². The lowest BCUT2D eigenvalue weighted by atomic mass is 9.75. The van der Waals surface area contributed by atoms with Gasteiger partial charge < -0.3 is 0 Å². The maximum atomic E-state index is 6.02. The van der Waals surface area contributed by atoms with Crippen molar-refractivity contribution in [3.05, 3.63) is 50.9 Å². The highest BCUT2D eigenvalue weighted by Gasteiger charge is 2.40. The van der Waals surface area contributed by atoms with Crippen LogP contribution in [0.25, 0.3) is 0 Å². The standard InChI is InChI=1S/C15H16ClNS2/c16-12-5-3-11(4-6-12)15(7-1-2-8-15)14-13(9-18)19-10-17-14/h3-6,10,18H,1-2,7-9H2. The summed E-state index contributed by atoms with van der Waals surface area (Å²) in [5.74, 6) is 0.773. The molecule has 0 saturated heterocycles. The molecular formula is C15H16ClNS2. The molecule has 0 bridgehead atoms. The van der Waals surface area contributed by atoms with E-state index in [-0.39, 0.29) is 5.41 Å². The Morgan fingerprint density at radius 2 is 1.89 bits per heavy atom. The van der Waals surface area contributed by atoms with Crippen LogP contribution in [0, 0.1) is 0 Å². The maximum absolute atomic E-state index is 6.02. The predicted octanol–water partition coefficient (Wildman–Crippen LogP) is 5.09. The summed E-state index contributed by atoms with van der Waals surface area (Å²) >= 11 is 12.2. The van der Waals surface area contributed by atoms with Gasteiger partial charge in [-0.05, 0) is 30.5 Å². The van der Waals surface area contributed by atoms with Gasteiger partial charge in [0.25, 0.3) is 0 Å². The number of hydrogen-bond donors (Lipinski definition) is 1. The van der Waals surface area contributed by atoms with Gasteiger partial charge in [0.2, 0.25) is 0 Å². The lowest BCUT2D eigenvalue weighted by molar-refractivity contribution is 0.518. The Bertz CT molecular complexity index is 556. The number of rotatable bonds is 3. The van der Waals surface area contributed by atoms with E-state index in [9.17, 15) is 0 Å². The highest BCUT2D eigenvalue weighted by molar-refractivity contribution is 7.79. The van der Waals surface area contributed by atoms with Crippen molar-refractivity contribution in [1.29, 1.82) is 0 Å². The van der Waals surface area contributed by atoms with E-state index in [0.29, 0.717) is 0 Å². The molecule has 1 saturated carbocycles. The van der Waals surface area contributed by atoms with Crippen LogP contribution >= 0.6 is 35.6 Å². The third-order valence-corrected chi connectivity index (χ3v) is 5.71. The van der Waals surface area contributed by atoms with E-state index in [4.69, 9.17) is 11.6 Å². The van der Waals surface area contributed by atoms with E-state index in [2.05, 4.69) is 29.7 Å². The van der Waals surface area contributed by atoms with E-state index >= 15 is 0 Å². The summed E-state index contributed by atoms with van der Waals surface area (Å²) in [6.45, 7) is 0. The third kappa shape index (κ3) is 2.32. The Labute approximate surface area is 128 Å². The molecule has 19 heavy (non-hydrogen) atoms. The SMILES string of the molecule is SCc1scnc1C1(c2ccc(Cl)cc2)CCCC1. The molecule has 4 heteroatoms. The van der Waals surface area contributed by atoms with E-state index < -0.39 is 0 Å². The fourth-order valence-corrected chi connectivity index (χ4v) is 4.40. The first kappa shape index (κ1) is 13.5. The van der Waals surface area contributed by atoms with Crippen molar-refractivity contribution < 1.29 is 0 Å². The fourth-order valence-electron chi connectivity index (χ4n) is 3.18. The summed E-state index contributed by atoms with van der Waals surface area (Å²) in [7, 11) is 0. The second-order valence-corrected chi connectivity index (χ2v) is 6.77. The molecule has 0 aliphatic heterocycles. The molecule has 1 heterocycles. The zero-order valence-corrected chi connectivity index (χ0v) is 13.1. The average Bonchev–Trinajstić information content (AvgIpc) is 3.08. The second-order valence-electron chi connectivity index (χ2n) is 5.08. The number of halogens is 1. The lowest BCUT2D eigenvalue weighted by Gasteiger charge is -2.29. The minimum atomic E-state index is 0.0860. The zero-order chi connectivity index (χ0) is 13.3. The number of thiol groups is 1. The van der Waals surface area contributed by atoms with Crippen molar-refractivity contribution in [3.63, 3.8) is 0 Å². The van der Waals surface area contributed by atoms with Gasteiger partial charge in [0.1, 0.15) is 0 Å². The van der Waals surface area contributed by atoms with Crippen LogP contribution in [0.3, 0.4) is 0 Å². The Balaban J connectivity index is 2.11. The van der Waals surface area contributed by atoms with Crippen LogP contribution in [0.1, 0.15) is 41.8 Å². The van der Waals surface area contributed by atoms with Crippen molar-refractivity contribution in [2.24, 2.45) is 0 Å². The number of nitrogens with zero attached hydrogens (tertiary/aromatic N) is 1. The predicted molar refractivity (Wildman–Crippen MR) is 85.5 cm³/mol. The molecule has 1 aromatic carbocycles. The molecule has 1 aliphatic carbocycles. The van der Waals surface area contributed by atoms with Crippen LogP contribution in [0.4, 0.5) is 0 Å². The molecule has 100 valence electrons. The average molecular weight is 310 g/mol. The molecule has 0 N–H and O–H groups in total. The summed E-state index contributed by atoms with van der Waals surface area (Å²) in [5.41, 5.74) is 4.63. The van der Waals surface area contributed by atoms with Crippen molar-refractivity contribution >= 4 is 35.6 Å². The normalized spacial score (nSPS) is 17.8. The van der Waals surface area contributed by atoms with Crippen LogP contribution in [0.5, 0.6) is 0 Å². The van der Waals surface area contributed by atoms with Crippen molar-refractivity contribution in [2.75, 3.05) is 0 Å². The highest BCUT2D eigenvalue weighted by atomic mass is 35.5. The molecular weight excluding hydrogens is 294 g/mol. The zero-order valence-electron chi connectivity index (χ0n) is 10.6. The summed E-state index contributed by atoms with van der Waals surface area (Å²) in [6, 6.07) is 8.30. The largest absolute Gasteiger partial charge is 0.248 e. The van der Waals surface area contributed by atoms with Crippen molar-refractivity contribution in [2.45, 2.75) is 36.9 Å². The second kappa shape index (κ2) is 5.47. The Morgan fingerprint density at radius 3 is 2.53 bits per heavy atom. The van der Waals surface area contributed by atoms with E-state index in [1.165, 1.54) is 41.8 Å². The molecule has 2 aromatic rings. The van der Waals surface area contributed by atoms with Gasteiger partial charge in [0.05, 0.1) is 11.2 Å². The number of aromatic nitrogens is 1. The number of thiazole rings is 1. The molecule has 0 spiro atoms. The number of hydrogen-bond acceptors (Lipinski definition) is 3. The quantitative estimate of drug-likeness (QED) is 0.780. The molecule has 0 amide bonds. The Morgan fingerprint density at radius 1 is 1.21 bits per heavy atom. The summed E-state index contributed by atoms with van der Waals surface area (Å²) < 4.78 is 0. The minimum Gasteiger partial charge on any atom is -0.248 e.